The molecule has 0 bridgehead atoms. The first kappa shape index (κ1) is 17.3. The van der Waals surface area contributed by atoms with Crippen LogP contribution in [0, 0.1) is 0 Å². The maximum atomic E-state index is 12.9. The molecule has 1 amide bonds. The van der Waals surface area contributed by atoms with E-state index in [0.29, 0.717) is 6.04 Å². The molecule has 7 heteroatoms. The summed E-state index contributed by atoms with van der Waals surface area (Å²) >= 11 is 0. The zero-order valence-corrected chi connectivity index (χ0v) is 15.8. The van der Waals surface area contributed by atoms with Crippen molar-refractivity contribution in [3.63, 3.8) is 0 Å². The van der Waals surface area contributed by atoms with Gasteiger partial charge >= 0.3 is 0 Å². The molecule has 0 radical (unpaired) electrons. The zero-order valence-electron chi connectivity index (χ0n) is 15.8. The molecule has 0 saturated carbocycles. The second-order valence-corrected chi connectivity index (χ2v) is 7.43. The Balaban J connectivity index is 1.58. The van der Waals surface area contributed by atoms with Gasteiger partial charge in [-0.25, -0.2) is 4.98 Å². The van der Waals surface area contributed by atoms with Gasteiger partial charge in [-0.1, -0.05) is 0 Å². The Morgan fingerprint density at radius 3 is 2.69 bits per heavy atom. The summed E-state index contributed by atoms with van der Waals surface area (Å²) in [6, 6.07) is 6.33. The number of carbonyl (C=O) groups is 1. The molecule has 1 aromatic heterocycles. The van der Waals surface area contributed by atoms with Gasteiger partial charge in [0.15, 0.2) is 0 Å². The van der Waals surface area contributed by atoms with Crippen LogP contribution in [0.1, 0.15) is 16.8 Å². The molecule has 2 saturated heterocycles. The van der Waals surface area contributed by atoms with Crippen molar-refractivity contribution in [3.05, 3.63) is 23.8 Å². The van der Waals surface area contributed by atoms with Gasteiger partial charge in [-0.15, -0.1) is 0 Å². The van der Waals surface area contributed by atoms with Gasteiger partial charge in [0.05, 0.1) is 24.2 Å². The van der Waals surface area contributed by atoms with Crippen LogP contribution in [0.15, 0.2) is 18.2 Å². The molecule has 0 aliphatic carbocycles. The van der Waals surface area contributed by atoms with Gasteiger partial charge in [-0.05, 0) is 38.7 Å². The fourth-order valence-corrected chi connectivity index (χ4v) is 3.90. The predicted molar refractivity (Wildman–Crippen MR) is 102 cm³/mol. The summed E-state index contributed by atoms with van der Waals surface area (Å²) in [5.41, 5.74) is 2.65. The third-order valence-corrected chi connectivity index (χ3v) is 5.58. The highest BCUT2D eigenvalue weighted by molar-refractivity contribution is 5.98. The lowest BCUT2D eigenvalue weighted by atomic mass is 10.1. The molecule has 1 atom stereocenters. The lowest BCUT2D eigenvalue weighted by molar-refractivity contribution is 0.0783. The molecule has 2 fully saturated rings. The van der Waals surface area contributed by atoms with Gasteiger partial charge < -0.3 is 24.0 Å². The molecule has 7 nitrogen and oxygen atoms in total. The van der Waals surface area contributed by atoms with E-state index in [0.717, 1.165) is 68.4 Å². The Hall–Kier alpha value is -2.12. The van der Waals surface area contributed by atoms with E-state index in [1.54, 1.807) is 0 Å². The standard InChI is InChI=1S/C19H27N5O2/c1-21(2)15-6-7-24(13-15)18(25)14-4-5-17-16(12-14)20-19(22(17)3)23-8-10-26-11-9-23/h4-5,12,15H,6-11,13H2,1-3H3. The monoisotopic (exact) mass is 357 g/mol. The van der Waals surface area contributed by atoms with Gasteiger partial charge in [0, 0.05) is 44.8 Å². The maximum absolute atomic E-state index is 12.9. The fraction of sp³-hybridized carbons (Fsp3) is 0.579. The van der Waals surface area contributed by atoms with E-state index < -0.39 is 0 Å². The predicted octanol–water partition coefficient (Wildman–Crippen LogP) is 1.19. The van der Waals surface area contributed by atoms with Crippen LogP contribution in [0.5, 0.6) is 0 Å². The van der Waals surface area contributed by atoms with Crippen molar-refractivity contribution in [2.45, 2.75) is 12.5 Å². The number of nitrogens with zero attached hydrogens (tertiary/aromatic N) is 5. The van der Waals surface area contributed by atoms with Crippen LogP contribution in [-0.4, -0.2) is 84.8 Å². The number of benzene rings is 1. The van der Waals surface area contributed by atoms with Crippen molar-refractivity contribution in [2.75, 3.05) is 58.4 Å². The largest absolute Gasteiger partial charge is 0.378 e. The minimum absolute atomic E-state index is 0.106. The number of amides is 1. The molecule has 2 aliphatic heterocycles. The SMILES string of the molecule is CN(C)C1CCN(C(=O)c2ccc3c(c2)nc(N2CCOCC2)n3C)C1. The molecule has 0 spiro atoms. The van der Waals surface area contributed by atoms with Crippen molar-refractivity contribution < 1.29 is 9.53 Å². The number of ether oxygens (including phenoxy) is 1. The summed E-state index contributed by atoms with van der Waals surface area (Å²) in [5.74, 6) is 1.05. The summed E-state index contributed by atoms with van der Waals surface area (Å²) in [6.45, 7) is 4.78. The molecule has 1 aromatic carbocycles. The lowest BCUT2D eigenvalue weighted by Gasteiger charge is -2.27. The molecule has 140 valence electrons. The van der Waals surface area contributed by atoms with Crippen LogP contribution >= 0.6 is 0 Å². The molecule has 2 aliphatic rings. The summed E-state index contributed by atoms with van der Waals surface area (Å²) in [4.78, 5) is 24.1. The van der Waals surface area contributed by atoms with E-state index in [9.17, 15) is 4.79 Å². The number of morpholine rings is 1. The first-order chi connectivity index (χ1) is 12.5. The van der Waals surface area contributed by atoms with Crippen LogP contribution in [-0.2, 0) is 11.8 Å². The number of hydrogen-bond donors (Lipinski definition) is 0. The van der Waals surface area contributed by atoms with Gasteiger partial charge in [-0.3, -0.25) is 4.79 Å². The molecule has 0 N–H and O–H groups in total. The van der Waals surface area contributed by atoms with E-state index in [2.05, 4.69) is 28.5 Å². The number of fused-ring (bicyclic) bond motifs is 1. The zero-order chi connectivity index (χ0) is 18.3. The van der Waals surface area contributed by atoms with E-state index in [4.69, 9.17) is 9.72 Å². The van der Waals surface area contributed by atoms with E-state index in [-0.39, 0.29) is 5.91 Å². The first-order valence-electron chi connectivity index (χ1n) is 9.29. The Kier molecular flexibility index (Phi) is 4.58. The quantitative estimate of drug-likeness (QED) is 0.826. The Labute approximate surface area is 154 Å². The second kappa shape index (κ2) is 6.89. The van der Waals surface area contributed by atoms with Crippen molar-refractivity contribution in [3.8, 4) is 0 Å². The number of hydrogen-bond acceptors (Lipinski definition) is 5. The summed E-state index contributed by atoms with van der Waals surface area (Å²) in [5, 5.41) is 0. The topological polar surface area (TPSA) is 53.8 Å². The molecule has 3 heterocycles. The van der Waals surface area contributed by atoms with Crippen molar-refractivity contribution in [1.82, 2.24) is 19.4 Å². The smallest absolute Gasteiger partial charge is 0.253 e. The minimum Gasteiger partial charge on any atom is -0.378 e. The van der Waals surface area contributed by atoms with Crippen LogP contribution < -0.4 is 4.90 Å². The Morgan fingerprint density at radius 2 is 2.00 bits per heavy atom. The number of aromatic nitrogens is 2. The molecule has 1 unspecified atom stereocenters. The normalized spacial score (nSPS) is 21.2. The van der Waals surface area contributed by atoms with E-state index in [1.165, 1.54) is 0 Å². The van der Waals surface area contributed by atoms with Crippen LogP contribution in [0.25, 0.3) is 11.0 Å². The number of anilines is 1. The highest BCUT2D eigenvalue weighted by Gasteiger charge is 2.28. The third kappa shape index (κ3) is 3.05. The van der Waals surface area contributed by atoms with Crippen LogP contribution in [0.4, 0.5) is 5.95 Å². The molecule has 26 heavy (non-hydrogen) atoms. The number of likely N-dealkylation sites (N-methyl/N-ethyl adjacent to an activating group) is 1. The summed E-state index contributed by atoms with van der Waals surface area (Å²) in [7, 11) is 6.18. The average Bonchev–Trinajstić information content (AvgIpc) is 3.27. The first-order valence-corrected chi connectivity index (χ1v) is 9.29. The minimum atomic E-state index is 0.106. The second-order valence-electron chi connectivity index (χ2n) is 7.43. The lowest BCUT2D eigenvalue weighted by Crippen LogP contribution is -2.37. The van der Waals surface area contributed by atoms with Crippen molar-refractivity contribution in [1.29, 1.82) is 0 Å². The number of imidazole rings is 1. The Morgan fingerprint density at radius 1 is 1.23 bits per heavy atom. The van der Waals surface area contributed by atoms with Crippen LogP contribution in [0.3, 0.4) is 0 Å². The molecule has 2 aromatic rings. The highest BCUT2D eigenvalue weighted by Crippen LogP contribution is 2.24. The van der Waals surface area contributed by atoms with Gasteiger partial charge in [0.25, 0.3) is 5.91 Å². The van der Waals surface area contributed by atoms with E-state index >= 15 is 0 Å². The molecule has 4 rings (SSSR count). The van der Waals surface area contributed by atoms with Gasteiger partial charge in [0.1, 0.15) is 0 Å². The molecular formula is C19H27N5O2. The number of carbonyl (C=O) groups excluding carboxylic acids is 1. The van der Waals surface area contributed by atoms with Crippen LogP contribution in [0.2, 0.25) is 0 Å². The highest BCUT2D eigenvalue weighted by atomic mass is 16.5. The maximum Gasteiger partial charge on any atom is 0.253 e. The van der Waals surface area contributed by atoms with Gasteiger partial charge in [0.2, 0.25) is 5.95 Å². The van der Waals surface area contributed by atoms with Crippen molar-refractivity contribution in [2.24, 2.45) is 7.05 Å². The van der Waals surface area contributed by atoms with Crippen molar-refractivity contribution >= 4 is 22.9 Å². The Bertz CT molecular complexity index is 810. The number of likely N-dealkylation sites (tertiary alicyclic amines) is 1. The number of rotatable bonds is 3. The third-order valence-electron chi connectivity index (χ3n) is 5.58. The summed E-state index contributed by atoms with van der Waals surface area (Å²) < 4.78 is 7.54. The number of aryl methyl sites for hydroxylation is 1. The molecular weight excluding hydrogens is 330 g/mol. The fourth-order valence-electron chi connectivity index (χ4n) is 3.90. The average molecular weight is 357 g/mol. The van der Waals surface area contributed by atoms with Gasteiger partial charge in [-0.2, -0.15) is 0 Å². The van der Waals surface area contributed by atoms with E-state index in [1.807, 2.05) is 30.1 Å². The summed E-state index contributed by atoms with van der Waals surface area (Å²) in [6.07, 6.45) is 1.03.